The number of benzene rings is 1. The maximum absolute atomic E-state index is 12.0. The van der Waals surface area contributed by atoms with Gasteiger partial charge in [0, 0.05) is 12.7 Å². The third-order valence-corrected chi connectivity index (χ3v) is 4.20. The Bertz CT molecular complexity index is 775. The molecule has 5 nitrogen and oxygen atoms in total. The number of methoxy groups -OCH3 is 1. The van der Waals surface area contributed by atoms with E-state index in [9.17, 15) is 4.79 Å². The molecule has 0 aliphatic carbocycles. The summed E-state index contributed by atoms with van der Waals surface area (Å²) in [6.07, 6.45) is 5.44. The zero-order valence-electron chi connectivity index (χ0n) is 14.8. The number of nitrogens with zero attached hydrogens (tertiary/aromatic N) is 2. The summed E-state index contributed by atoms with van der Waals surface area (Å²) in [5.41, 5.74) is 2.17. The molecule has 0 aromatic heterocycles. The summed E-state index contributed by atoms with van der Waals surface area (Å²) in [6, 6.07) is 9.96. The molecule has 0 radical (unpaired) electrons. The van der Waals surface area contributed by atoms with E-state index < -0.39 is 0 Å². The van der Waals surface area contributed by atoms with E-state index in [0.29, 0.717) is 12.1 Å². The van der Waals surface area contributed by atoms with Gasteiger partial charge in [-0.05, 0) is 25.5 Å². The quantitative estimate of drug-likeness (QED) is 0.663. The van der Waals surface area contributed by atoms with Gasteiger partial charge in [0.15, 0.2) is 5.84 Å². The van der Waals surface area contributed by atoms with Crippen LogP contribution < -0.4 is 5.32 Å². The molecule has 0 fully saturated rings. The second-order valence-electron chi connectivity index (χ2n) is 6.78. The van der Waals surface area contributed by atoms with Crippen LogP contribution in [-0.4, -0.2) is 35.9 Å². The molecular formula is C20H23N3O2. The van der Waals surface area contributed by atoms with E-state index in [1.165, 1.54) is 7.11 Å². The number of carbonyl (C=O) groups excluding carboxylic acids is 1. The van der Waals surface area contributed by atoms with Gasteiger partial charge in [0.25, 0.3) is 0 Å². The van der Waals surface area contributed by atoms with Crippen molar-refractivity contribution in [3.63, 3.8) is 0 Å². The summed E-state index contributed by atoms with van der Waals surface area (Å²) in [5, 5.41) is 3.46. The monoisotopic (exact) mass is 337 g/mol. The predicted molar refractivity (Wildman–Crippen MR) is 98.9 cm³/mol. The van der Waals surface area contributed by atoms with E-state index in [2.05, 4.69) is 25.7 Å². The molecule has 2 aliphatic heterocycles. The van der Waals surface area contributed by atoms with E-state index in [0.717, 1.165) is 17.1 Å². The Hall–Kier alpha value is -2.82. The lowest BCUT2D eigenvalue weighted by molar-refractivity contribution is -0.135. The molecule has 3 rings (SSSR count). The Morgan fingerprint density at radius 1 is 1.40 bits per heavy atom. The molecular weight excluding hydrogens is 314 g/mol. The van der Waals surface area contributed by atoms with Crippen LogP contribution in [0.1, 0.15) is 25.5 Å². The third-order valence-electron chi connectivity index (χ3n) is 4.20. The minimum atomic E-state index is -0.363. The molecule has 25 heavy (non-hydrogen) atoms. The van der Waals surface area contributed by atoms with Gasteiger partial charge in [0.2, 0.25) is 0 Å². The molecule has 0 saturated heterocycles. The van der Waals surface area contributed by atoms with Gasteiger partial charge in [0.1, 0.15) is 0 Å². The van der Waals surface area contributed by atoms with Gasteiger partial charge < -0.3 is 15.0 Å². The number of esters is 1. The van der Waals surface area contributed by atoms with Crippen LogP contribution in [0.4, 0.5) is 0 Å². The van der Waals surface area contributed by atoms with Crippen LogP contribution in [0.5, 0.6) is 0 Å². The van der Waals surface area contributed by atoms with Crippen LogP contribution in [0.25, 0.3) is 0 Å². The summed E-state index contributed by atoms with van der Waals surface area (Å²) in [4.78, 5) is 18.8. The summed E-state index contributed by atoms with van der Waals surface area (Å²) >= 11 is 0. The highest BCUT2D eigenvalue weighted by Gasteiger charge is 2.35. The van der Waals surface area contributed by atoms with Crippen molar-refractivity contribution in [3.05, 3.63) is 72.1 Å². The fourth-order valence-corrected chi connectivity index (χ4v) is 3.07. The predicted octanol–water partition coefficient (Wildman–Crippen LogP) is 2.95. The van der Waals surface area contributed by atoms with Crippen LogP contribution in [0.3, 0.4) is 0 Å². The van der Waals surface area contributed by atoms with Crippen molar-refractivity contribution in [1.29, 1.82) is 0 Å². The second kappa shape index (κ2) is 6.59. The zero-order chi connectivity index (χ0) is 18.0. The molecule has 5 heteroatoms. The number of hydrogen-bond acceptors (Lipinski definition) is 5. The van der Waals surface area contributed by atoms with Gasteiger partial charge in [-0.25, -0.2) is 4.79 Å². The molecule has 2 heterocycles. The van der Waals surface area contributed by atoms with E-state index in [4.69, 9.17) is 9.73 Å². The minimum absolute atomic E-state index is 0.0855. The Kier molecular flexibility index (Phi) is 4.49. The van der Waals surface area contributed by atoms with Gasteiger partial charge in [-0.1, -0.05) is 36.4 Å². The van der Waals surface area contributed by atoms with Gasteiger partial charge in [0.05, 0.1) is 30.0 Å². The normalized spacial score (nSPS) is 19.2. The Labute approximate surface area is 148 Å². The minimum Gasteiger partial charge on any atom is -0.465 e. The lowest BCUT2D eigenvalue weighted by Gasteiger charge is -2.27. The SMILES string of the molecule is C=CC(NC1=CC(C(=O)OC)=CN2CC(C)(C)N=C12)c1ccccc1. The number of ether oxygens (including phenoxy) is 1. The summed E-state index contributed by atoms with van der Waals surface area (Å²) in [5.74, 6) is 0.471. The van der Waals surface area contributed by atoms with E-state index in [1.54, 1.807) is 12.3 Å². The maximum Gasteiger partial charge on any atom is 0.339 e. The number of amidine groups is 1. The molecule has 0 amide bonds. The first-order chi connectivity index (χ1) is 11.9. The first-order valence-electron chi connectivity index (χ1n) is 8.26. The zero-order valence-corrected chi connectivity index (χ0v) is 14.8. The summed E-state index contributed by atoms with van der Waals surface area (Å²) in [7, 11) is 1.39. The van der Waals surface area contributed by atoms with Crippen molar-refractivity contribution >= 4 is 11.8 Å². The van der Waals surface area contributed by atoms with Crippen molar-refractivity contribution in [3.8, 4) is 0 Å². The average molecular weight is 337 g/mol. The first kappa shape index (κ1) is 17.0. The topological polar surface area (TPSA) is 53.9 Å². The molecule has 1 aromatic rings. The van der Waals surface area contributed by atoms with E-state index >= 15 is 0 Å². The number of nitrogens with one attached hydrogen (secondary N) is 1. The van der Waals surface area contributed by atoms with Crippen molar-refractivity contribution in [2.75, 3.05) is 13.7 Å². The fourth-order valence-electron chi connectivity index (χ4n) is 3.07. The highest BCUT2D eigenvalue weighted by Crippen LogP contribution is 2.29. The van der Waals surface area contributed by atoms with Crippen molar-refractivity contribution in [2.45, 2.75) is 25.4 Å². The first-order valence-corrected chi connectivity index (χ1v) is 8.26. The van der Waals surface area contributed by atoms with Crippen LogP contribution >= 0.6 is 0 Å². The molecule has 1 atom stereocenters. The number of aliphatic imine (C=N–C) groups is 1. The molecule has 1 aromatic carbocycles. The highest BCUT2D eigenvalue weighted by molar-refractivity contribution is 6.05. The number of carbonyl (C=O) groups is 1. The van der Waals surface area contributed by atoms with Crippen molar-refractivity contribution in [2.24, 2.45) is 4.99 Å². The third kappa shape index (κ3) is 3.50. The average Bonchev–Trinajstić information content (AvgIpc) is 2.93. The van der Waals surface area contributed by atoms with Gasteiger partial charge in [-0.3, -0.25) is 4.99 Å². The molecule has 0 spiro atoms. The molecule has 0 saturated carbocycles. The summed E-state index contributed by atoms with van der Waals surface area (Å²) in [6.45, 7) is 8.80. The Morgan fingerprint density at radius 3 is 2.76 bits per heavy atom. The maximum atomic E-state index is 12.0. The standard InChI is InChI=1S/C20H23N3O2/c1-5-16(14-9-7-6-8-10-14)21-17-11-15(19(24)25-4)12-23-13-20(2,3)22-18(17)23/h5-12,16,21H,1,13H2,2-4H3. The van der Waals surface area contributed by atoms with Gasteiger partial charge in [-0.15, -0.1) is 6.58 Å². The Morgan fingerprint density at radius 2 is 2.12 bits per heavy atom. The van der Waals surface area contributed by atoms with Crippen LogP contribution in [-0.2, 0) is 9.53 Å². The van der Waals surface area contributed by atoms with Crippen molar-refractivity contribution in [1.82, 2.24) is 10.2 Å². The summed E-state index contributed by atoms with van der Waals surface area (Å²) < 4.78 is 4.89. The molecule has 130 valence electrons. The molecule has 0 bridgehead atoms. The van der Waals surface area contributed by atoms with Gasteiger partial charge >= 0.3 is 5.97 Å². The lowest BCUT2D eigenvalue weighted by Crippen LogP contribution is -2.36. The second-order valence-corrected chi connectivity index (χ2v) is 6.78. The number of fused-ring (bicyclic) bond motifs is 1. The smallest absolute Gasteiger partial charge is 0.339 e. The number of hydrogen-bond donors (Lipinski definition) is 1. The van der Waals surface area contributed by atoms with E-state index in [-0.39, 0.29) is 17.6 Å². The highest BCUT2D eigenvalue weighted by atomic mass is 16.5. The van der Waals surface area contributed by atoms with Crippen LogP contribution in [0.15, 0.2) is 71.5 Å². The molecule has 1 unspecified atom stereocenters. The molecule has 1 N–H and O–H groups in total. The largest absolute Gasteiger partial charge is 0.465 e. The Balaban J connectivity index is 1.96. The van der Waals surface area contributed by atoms with Crippen LogP contribution in [0.2, 0.25) is 0 Å². The lowest BCUT2D eigenvalue weighted by atomic mass is 10.1. The van der Waals surface area contributed by atoms with Crippen molar-refractivity contribution < 1.29 is 9.53 Å². The molecule has 2 aliphatic rings. The van der Waals surface area contributed by atoms with Gasteiger partial charge in [-0.2, -0.15) is 0 Å². The fraction of sp³-hybridized carbons (Fsp3) is 0.300. The number of rotatable bonds is 5. The van der Waals surface area contributed by atoms with Crippen LogP contribution in [0, 0.1) is 0 Å². The van der Waals surface area contributed by atoms with E-state index in [1.807, 2.05) is 41.3 Å².